The van der Waals surface area contributed by atoms with Gasteiger partial charge in [-0.25, -0.2) is 4.39 Å². The summed E-state index contributed by atoms with van der Waals surface area (Å²) in [4.78, 5) is 4.81. The quantitative estimate of drug-likeness (QED) is 0.778. The monoisotopic (exact) mass is 384 g/mol. The number of rotatable bonds is 3. The van der Waals surface area contributed by atoms with E-state index < -0.39 is 0 Å². The minimum absolute atomic E-state index is 0.181. The van der Waals surface area contributed by atoms with Gasteiger partial charge in [0.05, 0.1) is 5.52 Å². The number of pyridine rings is 1. The van der Waals surface area contributed by atoms with Crippen molar-refractivity contribution < 1.29 is 4.39 Å². The van der Waals surface area contributed by atoms with Crippen molar-refractivity contribution in [3.05, 3.63) is 32.8 Å². The van der Waals surface area contributed by atoms with Crippen LogP contribution in [0.5, 0.6) is 0 Å². The Morgan fingerprint density at radius 1 is 1.30 bits per heavy atom. The molecule has 0 radical (unpaired) electrons. The lowest BCUT2D eigenvalue weighted by molar-refractivity contribution is 0.628. The van der Waals surface area contributed by atoms with Gasteiger partial charge in [0.15, 0.2) is 0 Å². The first-order valence-electron chi connectivity index (χ1n) is 7.25. The average Bonchev–Trinajstić information content (AvgIpc) is 2.44. The van der Waals surface area contributed by atoms with E-state index in [-0.39, 0.29) is 5.82 Å². The Labute approximate surface area is 132 Å². The van der Waals surface area contributed by atoms with E-state index in [4.69, 9.17) is 4.98 Å². The molecule has 1 aromatic heterocycles. The van der Waals surface area contributed by atoms with Crippen molar-refractivity contribution >= 4 is 39.2 Å². The number of nitrogens with zero attached hydrogens (tertiary/aromatic N) is 1. The topological polar surface area (TPSA) is 24.9 Å². The molecule has 1 aliphatic rings. The lowest BCUT2D eigenvalue weighted by atomic mass is 9.92. The van der Waals surface area contributed by atoms with Crippen molar-refractivity contribution in [2.75, 3.05) is 11.9 Å². The van der Waals surface area contributed by atoms with Gasteiger partial charge in [0.1, 0.15) is 5.82 Å². The van der Waals surface area contributed by atoms with Crippen LogP contribution >= 0.6 is 22.6 Å². The number of anilines is 1. The summed E-state index contributed by atoms with van der Waals surface area (Å²) in [5.74, 6) is -0.181. The molecule has 0 saturated heterocycles. The van der Waals surface area contributed by atoms with E-state index >= 15 is 0 Å². The molecule has 0 atom stereocenters. The Kier molecular flexibility index (Phi) is 4.10. The number of aromatic nitrogens is 1. The van der Waals surface area contributed by atoms with E-state index in [1.807, 2.05) is 0 Å². The van der Waals surface area contributed by atoms with E-state index in [1.54, 1.807) is 12.1 Å². The fourth-order valence-electron chi connectivity index (χ4n) is 2.90. The van der Waals surface area contributed by atoms with Crippen LogP contribution in [0.3, 0.4) is 0 Å². The molecule has 0 bridgehead atoms. The Morgan fingerprint density at radius 3 is 2.90 bits per heavy atom. The molecular formula is C16H18FIN2. The maximum atomic E-state index is 13.8. The molecule has 20 heavy (non-hydrogen) atoms. The summed E-state index contributed by atoms with van der Waals surface area (Å²) >= 11 is 2.18. The number of benzene rings is 1. The van der Waals surface area contributed by atoms with Crippen molar-refractivity contribution in [3.8, 4) is 0 Å². The predicted octanol–water partition coefficient (Wildman–Crippen LogP) is 4.68. The van der Waals surface area contributed by atoms with Crippen LogP contribution in [0.1, 0.15) is 37.4 Å². The lowest BCUT2D eigenvalue weighted by Crippen LogP contribution is -2.12. The van der Waals surface area contributed by atoms with Crippen LogP contribution in [-0.2, 0) is 12.8 Å². The van der Waals surface area contributed by atoms with Crippen LogP contribution < -0.4 is 5.32 Å². The fourth-order valence-corrected chi connectivity index (χ4v) is 3.61. The highest BCUT2D eigenvalue weighted by molar-refractivity contribution is 14.1. The molecular weight excluding hydrogens is 366 g/mol. The van der Waals surface area contributed by atoms with Crippen LogP contribution in [-0.4, -0.2) is 11.5 Å². The van der Waals surface area contributed by atoms with E-state index in [1.165, 1.54) is 24.1 Å². The number of halogens is 2. The predicted molar refractivity (Wildman–Crippen MR) is 89.8 cm³/mol. The van der Waals surface area contributed by atoms with E-state index in [0.29, 0.717) is 0 Å². The summed E-state index contributed by atoms with van der Waals surface area (Å²) in [6, 6.07) is 3.19. The first-order valence-corrected chi connectivity index (χ1v) is 8.33. The molecule has 1 aromatic carbocycles. The fraction of sp³-hybridized carbons (Fsp3) is 0.438. The lowest BCUT2D eigenvalue weighted by Gasteiger charge is -2.22. The third kappa shape index (κ3) is 2.50. The van der Waals surface area contributed by atoms with Gasteiger partial charge in [0, 0.05) is 26.9 Å². The van der Waals surface area contributed by atoms with Gasteiger partial charge in [0.25, 0.3) is 0 Å². The second-order valence-electron chi connectivity index (χ2n) is 5.33. The van der Waals surface area contributed by atoms with Crippen molar-refractivity contribution in [3.63, 3.8) is 0 Å². The van der Waals surface area contributed by atoms with Gasteiger partial charge in [-0.05, 0) is 72.4 Å². The largest absolute Gasteiger partial charge is 0.384 e. The van der Waals surface area contributed by atoms with Crippen molar-refractivity contribution in [1.82, 2.24) is 4.98 Å². The minimum Gasteiger partial charge on any atom is -0.384 e. The number of hydrogen-bond donors (Lipinski definition) is 1. The molecule has 3 rings (SSSR count). The molecule has 106 valence electrons. The molecule has 4 heteroatoms. The molecule has 0 spiro atoms. The summed E-state index contributed by atoms with van der Waals surface area (Å²) in [5.41, 5.74) is 4.56. The maximum absolute atomic E-state index is 13.8. The molecule has 0 unspecified atom stereocenters. The van der Waals surface area contributed by atoms with Gasteiger partial charge < -0.3 is 5.32 Å². The molecule has 1 heterocycles. The van der Waals surface area contributed by atoms with Crippen LogP contribution in [0.15, 0.2) is 12.1 Å². The van der Waals surface area contributed by atoms with Gasteiger partial charge in [-0.15, -0.1) is 0 Å². The molecule has 0 amide bonds. The molecule has 2 nitrogen and oxygen atoms in total. The molecule has 2 aromatic rings. The van der Waals surface area contributed by atoms with Gasteiger partial charge in [-0.2, -0.15) is 0 Å². The number of aryl methyl sites for hydroxylation is 1. The van der Waals surface area contributed by atoms with Gasteiger partial charge in [-0.1, -0.05) is 6.92 Å². The van der Waals surface area contributed by atoms with Crippen LogP contribution in [0.2, 0.25) is 0 Å². The van der Waals surface area contributed by atoms with E-state index in [2.05, 4.69) is 34.8 Å². The van der Waals surface area contributed by atoms with Crippen LogP contribution in [0.25, 0.3) is 10.9 Å². The summed E-state index contributed by atoms with van der Waals surface area (Å²) in [7, 11) is 0. The third-order valence-corrected chi connectivity index (χ3v) is 4.66. The zero-order valence-electron chi connectivity index (χ0n) is 11.6. The summed E-state index contributed by atoms with van der Waals surface area (Å²) in [6.07, 6.45) is 5.56. The molecule has 0 aliphatic heterocycles. The Hall–Kier alpha value is -0.910. The standard InChI is InChI=1S/C16H18FIN2/c1-2-7-19-15-11-5-3-4-6-14(11)20-16-12(15)8-10(17)9-13(16)18/h8-9H,2-7H2,1H3,(H,19,20). The second kappa shape index (κ2) is 5.84. The second-order valence-corrected chi connectivity index (χ2v) is 6.49. The zero-order chi connectivity index (χ0) is 14.1. The van der Waals surface area contributed by atoms with Crippen molar-refractivity contribution in [1.29, 1.82) is 0 Å². The number of fused-ring (bicyclic) bond motifs is 2. The number of hydrogen-bond acceptors (Lipinski definition) is 2. The third-order valence-electron chi connectivity index (χ3n) is 3.84. The molecule has 0 fully saturated rings. The normalized spacial score (nSPS) is 14.3. The minimum atomic E-state index is -0.181. The molecule has 0 saturated carbocycles. The summed E-state index contributed by atoms with van der Waals surface area (Å²) in [5, 5.41) is 4.44. The molecule has 1 N–H and O–H groups in total. The maximum Gasteiger partial charge on any atom is 0.125 e. The smallest absolute Gasteiger partial charge is 0.125 e. The van der Waals surface area contributed by atoms with E-state index in [9.17, 15) is 4.39 Å². The van der Waals surface area contributed by atoms with Gasteiger partial charge in [0.2, 0.25) is 0 Å². The SMILES string of the molecule is CCCNc1c2c(nc3c(I)cc(F)cc13)CCCC2. The first kappa shape index (κ1) is 14.0. The van der Waals surface area contributed by atoms with Gasteiger partial charge >= 0.3 is 0 Å². The van der Waals surface area contributed by atoms with Crippen LogP contribution in [0, 0.1) is 9.39 Å². The van der Waals surface area contributed by atoms with Crippen LogP contribution in [0.4, 0.5) is 10.1 Å². The van der Waals surface area contributed by atoms with Crippen molar-refractivity contribution in [2.24, 2.45) is 0 Å². The summed E-state index contributed by atoms with van der Waals surface area (Å²) < 4.78 is 14.7. The Bertz CT molecular complexity index is 655. The van der Waals surface area contributed by atoms with Crippen molar-refractivity contribution in [2.45, 2.75) is 39.0 Å². The highest BCUT2D eigenvalue weighted by Gasteiger charge is 2.19. The van der Waals surface area contributed by atoms with Gasteiger partial charge in [-0.3, -0.25) is 4.98 Å². The Balaban J connectivity index is 2.27. The average molecular weight is 384 g/mol. The van der Waals surface area contributed by atoms with E-state index in [0.717, 1.165) is 46.0 Å². The summed E-state index contributed by atoms with van der Waals surface area (Å²) in [6.45, 7) is 3.06. The highest BCUT2D eigenvalue weighted by atomic mass is 127. The Morgan fingerprint density at radius 2 is 2.10 bits per heavy atom. The number of nitrogens with one attached hydrogen (secondary N) is 1. The highest BCUT2D eigenvalue weighted by Crippen LogP contribution is 2.35. The molecule has 1 aliphatic carbocycles. The zero-order valence-corrected chi connectivity index (χ0v) is 13.8. The first-order chi connectivity index (χ1) is 9.70.